The summed E-state index contributed by atoms with van der Waals surface area (Å²) in [6.45, 7) is 8.29. The lowest BCUT2D eigenvalue weighted by molar-refractivity contribution is -0.149. The number of hydrogen-bond donors (Lipinski definition) is 1. The number of hydrazine groups is 1. The molecule has 0 unspecified atom stereocenters. The molecular formula is C15H21FN2O3. The van der Waals surface area contributed by atoms with Gasteiger partial charge < -0.3 is 4.74 Å². The van der Waals surface area contributed by atoms with E-state index in [1.54, 1.807) is 19.1 Å². The van der Waals surface area contributed by atoms with Crippen LogP contribution in [0.2, 0.25) is 0 Å². The summed E-state index contributed by atoms with van der Waals surface area (Å²) < 4.78 is 17.4. The second-order valence-electron chi connectivity index (χ2n) is 3.90. The van der Waals surface area contributed by atoms with Crippen LogP contribution in [0.1, 0.15) is 18.9 Å². The highest BCUT2D eigenvalue weighted by molar-refractivity contribution is 5.93. The van der Waals surface area contributed by atoms with E-state index in [2.05, 4.69) is 23.3 Å². The number of carbonyl (C=O) groups excluding carboxylic acids is 2. The summed E-state index contributed by atoms with van der Waals surface area (Å²) in [5.74, 6) is -1.25. The Morgan fingerprint density at radius 1 is 1.29 bits per heavy atom. The van der Waals surface area contributed by atoms with Crippen LogP contribution in [0, 0.1) is 5.82 Å². The number of benzene rings is 1. The predicted octanol–water partition coefficient (Wildman–Crippen LogP) is 2.04. The van der Waals surface area contributed by atoms with Crippen molar-refractivity contribution in [1.29, 1.82) is 0 Å². The average Bonchev–Trinajstić information content (AvgIpc) is 2.48. The smallest absolute Gasteiger partial charge is 0.315 e. The molecule has 1 rings (SSSR count). The Hall–Kier alpha value is -2.21. The quantitative estimate of drug-likeness (QED) is 0.378. The van der Waals surface area contributed by atoms with E-state index in [1.165, 1.54) is 24.2 Å². The summed E-state index contributed by atoms with van der Waals surface area (Å²) in [7, 11) is 1.52. The van der Waals surface area contributed by atoms with Crippen LogP contribution in [0.4, 0.5) is 4.39 Å². The molecule has 0 aliphatic carbocycles. The van der Waals surface area contributed by atoms with Crippen molar-refractivity contribution in [2.45, 2.75) is 19.9 Å². The van der Waals surface area contributed by atoms with Crippen molar-refractivity contribution in [2.24, 2.45) is 0 Å². The summed E-state index contributed by atoms with van der Waals surface area (Å²) in [4.78, 5) is 22.7. The highest BCUT2D eigenvalue weighted by Gasteiger charge is 2.14. The molecule has 0 aliphatic rings. The number of rotatable bonds is 6. The maximum atomic E-state index is 12.7. The van der Waals surface area contributed by atoms with Crippen LogP contribution in [-0.4, -0.2) is 30.5 Å². The Morgan fingerprint density at radius 2 is 1.86 bits per heavy atom. The van der Waals surface area contributed by atoms with E-state index in [0.717, 1.165) is 5.56 Å². The average molecular weight is 296 g/mol. The Balaban J connectivity index is 0.00000191. The number of amides is 1. The molecule has 0 radical (unpaired) electrons. The van der Waals surface area contributed by atoms with Gasteiger partial charge in [-0.25, -0.2) is 9.82 Å². The normalized spacial score (nSPS) is 9.29. The predicted molar refractivity (Wildman–Crippen MR) is 78.5 cm³/mol. The van der Waals surface area contributed by atoms with Crippen molar-refractivity contribution in [3.8, 4) is 0 Å². The lowest BCUT2D eigenvalue weighted by Gasteiger charge is -2.18. The van der Waals surface area contributed by atoms with E-state index >= 15 is 0 Å². The number of nitrogens with one attached hydrogen (secondary N) is 1. The van der Waals surface area contributed by atoms with E-state index in [1.807, 2.05) is 0 Å². The van der Waals surface area contributed by atoms with Crippen LogP contribution in [-0.2, 0) is 20.9 Å². The molecule has 1 aromatic carbocycles. The standard InChI is InChI=1S/C13H17FN2O3.C2H4/c1-3-19-13(18)8-12(17)16(2)15-9-10-4-6-11(14)7-5-10;1-2/h4-7,15H,3,8-9H2,1-2H3;1-2H2. The van der Waals surface area contributed by atoms with Crippen molar-refractivity contribution >= 4 is 11.9 Å². The molecule has 0 fully saturated rings. The highest BCUT2D eigenvalue weighted by atomic mass is 19.1. The second-order valence-corrected chi connectivity index (χ2v) is 3.90. The van der Waals surface area contributed by atoms with Gasteiger partial charge in [-0.1, -0.05) is 12.1 Å². The van der Waals surface area contributed by atoms with Crippen LogP contribution in [0.15, 0.2) is 37.4 Å². The van der Waals surface area contributed by atoms with Crippen LogP contribution in [0.5, 0.6) is 0 Å². The lowest BCUT2D eigenvalue weighted by atomic mass is 10.2. The van der Waals surface area contributed by atoms with Gasteiger partial charge in [0, 0.05) is 13.6 Å². The van der Waals surface area contributed by atoms with E-state index in [9.17, 15) is 14.0 Å². The Kier molecular flexibility index (Phi) is 9.45. The van der Waals surface area contributed by atoms with Gasteiger partial charge in [0.2, 0.25) is 5.91 Å². The van der Waals surface area contributed by atoms with Crippen molar-refractivity contribution in [2.75, 3.05) is 13.7 Å². The third kappa shape index (κ3) is 7.84. The molecule has 116 valence electrons. The van der Waals surface area contributed by atoms with Gasteiger partial charge in [-0.05, 0) is 24.6 Å². The topological polar surface area (TPSA) is 58.6 Å². The van der Waals surface area contributed by atoms with Gasteiger partial charge in [0.1, 0.15) is 12.2 Å². The molecular weight excluding hydrogens is 275 g/mol. The van der Waals surface area contributed by atoms with Crippen LogP contribution < -0.4 is 5.43 Å². The molecule has 1 amide bonds. The minimum atomic E-state index is -0.553. The van der Waals surface area contributed by atoms with Gasteiger partial charge >= 0.3 is 5.97 Å². The number of carbonyl (C=O) groups is 2. The van der Waals surface area contributed by atoms with E-state index < -0.39 is 5.97 Å². The zero-order valence-corrected chi connectivity index (χ0v) is 12.4. The van der Waals surface area contributed by atoms with Crippen molar-refractivity contribution in [1.82, 2.24) is 10.4 Å². The number of ether oxygens (including phenoxy) is 1. The van der Waals surface area contributed by atoms with Crippen molar-refractivity contribution in [3.63, 3.8) is 0 Å². The fourth-order valence-corrected chi connectivity index (χ4v) is 1.35. The van der Waals surface area contributed by atoms with E-state index in [4.69, 9.17) is 0 Å². The molecule has 0 atom stereocenters. The van der Waals surface area contributed by atoms with Gasteiger partial charge in [-0.15, -0.1) is 13.2 Å². The molecule has 0 aromatic heterocycles. The van der Waals surface area contributed by atoms with Crippen LogP contribution in [0.3, 0.4) is 0 Å². The molecule has 1 N–H and O–H groups in total. The second kappa shape index (κ2) is 10.6. The first-order valence-electron chi connectivity index (χ1n) is 6.43. The lowest BCUT2D eigenvalue weighted by Crippen LogP contribution is -2.40. The number of nitrogens with zero attached hydrogens (tertiary/aromatic N) is 1. The summed E-state index contributed by atoms with van der Waals surface area (Å²) in [6, 6.07) is 5.92. The molecule has 0 saturated carbocycles. The van der Waals surface area contributed by atoms with E-state index in [0.29, 0.717) is 6.54 Å². The first-order chi connectivity index (χ1) is 10.0. The molecule has 5 nitrogen and oxygen atoms in total. The third-order valence-electron chi connectivity index (χ3n) is 2.41. The van der Waals surface area contributed by atoms with Crippen LogP contribution in [0.25, 0.3) is 0 Å². The number of halogens is 1. The van der Waals surface area contributed by atoms with Gasteiger partial charge in [0.15, 0.2) is 0 Å². The number of esters is 1. The molecule has 6 heteroatoms. The number of hydrogen-bond acceptors (Lipinski definition) is 4. The molecule has 0 aliphatic heterocycles. The van der Waals surface area contributed by atoms with Crippen molar-refractivity contribution in [3.05, 3.63) is 48.8 Å². The minimum Gasteiger partial charge on any atom is -0.466 e. The van der Waals surface area contributed by atoms with Crippen molar-refractivity contribution < 1.29 is 18.7 Å². The summed E-state index contributed by atoms with van der Waals surface area (Å²) in [6.07, 6.45) is -0.305. The summed E-state index contributed by atoms with van der Waals surface area (Å²) in [5, 5.41) is 1.22. The first kappa shape index (κ1) is 18.8. The highest BCUT2D eigenvalue weighted by Crippen LogP contribution is 2.02. The molecule has 0 spiro atoms. The van der Waals surface area contributed by atoms with Crippen LogP contribution >= 0.6 is 0 Å². The minimum absolute atomic E-state index is 0.249. The fraction of sp³-hybridized carbons (Fsp3) is 0.333. The zero-order chi connectivity index (χ0) is 16.3. The maximum absolute atomic E-state index is 12.7. The monoisotopic (exact) mass is 296 g/mol. The molecule has 0 heterocycles. The molecule has 21 heavy (non-hydrogen) atoms. The first-order valence-corrected chi connectivity index (χ1v) is 6.43. The Morgan fingerprint density at radius 3 is 2.38 bits per heavy atom. The Labute approximate surface area is 124 Å². The van der Waals surface area contributed by atoms with E-state index in [-0.39, 0.29) is 24.8 Å². The zero-order valence-electron chi connectivity index (χ0n) is 12.4. The Bertz CT molecular complexity index is 449. The van der Waals surface area contributed by atoms with Gasteiger partial charge in [0.25, 0.3) is 0 Å². The molecule has 0 bridgehead atoms. The largest absolute Gasteiger partial charge is 0.466 e. The SMILES string of the molecule is C=C.CCOC(=O)CC(=O)N(C)NCc1ccc(F)cc1. The van der Waals surface area contributed by atoms with Gasteiger partial charge in [-0.3, -0.25) is 14.6 Å². The molecule has 1 aromatic rings. The van der Waals surface area contributed by atoms with Gasteiger partial charge in [-0.2, -0.15) is 0 Å². The summed E-state index contributed by atoms with van der Waals surface area (Å²) in [5.41, 5.74) is 3.65. The van der Waals surface area contributed by atoms with Gasteiger partial charge in [0.05, 0.1) is 6.61 Å². The molecule has 0 saturated heterocycles. The fourth-order valence-electron chi connectivity index (χ4n) is 1.35. The maximum Gasteiger partial charge on any atom is 0.315 e. The summed E-state index contributed by atoms with van der Waals surface area (Å²) >= 11 is 0. The third-order valence-corrected chi connectivity index (χ3v) is 2.41.